The normalized spacial score (nSPS) is 23.1. The van der Waals surface area contributed by atoms with Crippen molar-refractivity contribution < 1.29 is 9.53 Å². The Morgan fingerprint density at radius 3 is 2.75 bits per heavy atom. The number of anilines is 1. The van der Waals surface area contributed by atoms with Crippen LogP contribution in [0.15, 0.2) is 24.3 Å². The third kappa shape index (κ3) is 2.51. The smallest absolute Gasteiger partial charge is 0.324 e. The van der Waals surface area contributed by atoms with E-state index >= 15 is 0 Å². The van der Waals surface area contributed by atoms with E-state index in [0.29, 0.717) is 26.3 Å². The average molecular weight is 275 g/mol. The Balaban J connectivity index is 1.88. The summed E-state index contributed by atoms with van der Waals surface area (Å²) in [7, 11) is 0. The standard InChI is InChI=1S/C15H21N3O2/c16-13-5-3-7-18(14-6-2-1-4-12(13)14)15(19)17-8-10-20-11-9-17/h1-2,4,6,13H,3,5,7-11,16H2. The second-order valence-electron chi connectivity index (χ2n) is 5.34. The molecule has 2 aliphatic rings. The molecule has 20 heavy (non-hydrogen) atoms. The number of fused-ring (bicyclic) bond motifs is 1. The second kappa shape index (κ2) is 5.81. The Morgan fingerprint density at radius 1 is 1.20 bits per heavy atom. The number of benzene rings is 1. The number of nitrogens with zero attached hydrogens (tertiary/aromatic N) is 2. The van der Waals surface area contributed by atoms with Crippen LogP contribution in [0.25, 0.3) is 0 Å². The molecule has 5 nitrogen and oxygen atoms in total. The van der Waals surface area contributed by atoms with Gasteiger partial charge in [0.1, 0.15) is 0 Å². The van der Waals surface area contributed by atoms with Gasteiger partial charge in [0.05, 0.1) is 18.9 Å². The number of amides is 2. The fourth-order valence-electron chi connectivity index (χ4n) is 2.92. The zero-order valence-electron chi connectivity index (χ0n) is 11.6. The number of carbonyl (C=O) groups excluding carboxylic acids is 1. The van der Waals surface area contributed by atoms with Gasteiger partial charge in [-0.2, -0.15) is 0 Å². The van der Waals surface area contributed by atoms with E-state index in [2.05, 4.69) is 0 Å². The zero-order chi connectivity index (χ0) is 13.9. The first-order chi connectivity index (χ1) is 9.77. The molecule has 5 heteroatoms. The van der Waals surface area contributed by atoms with Crippen LogP contribution in [0.5, 0.6) is 0 Å². The molecule has 3 rings (SSSR count). The minimum atomic E-state index is 0.0219. The molecule has 0 radical (unpaired) electrons. The highest BCUT2D eigenvalue weighted by molar-refractivity contribution is 5.93. The number of para-hydroxylation sites is 1. The van der Waals surface area contributed by atoms with E-state index in [1.54, 1.807) is 0 Å². The van der Waals surface area contributed by atoms with Crippen LogP contribution in [0.4, 0.5) is 10.5 Å². The van der Waals surface area contributed by atoms with Gasteiger partial charge in [0, 0.05) is 25.7 Å². The summed E-state index contributed by atoms with van der Waals surface area (Å²) in [4.78, 5) is 16.5. The molecule has 1 aromatic rings. The molecule has 1 aromatic carbocycles. The number of urea groups is 1. The molecule has 0 saturated carbocycles. The van der Waals surface area contributed by atoms with E-state index in [0.717, 1.165) is 30.6 Å². The lowest BCUT2D eigenvalue weighted by atomic mass is 10.0. The van der Waals surface area contributed by atoms with Crippen LogP contribution in [0.2, 0.25) is 0 Å². The molecule has 1 saturated heterocycles. The first kappa shape index (κ1) is 13.4. The molecule has 0 aromatic heterocycles. The molecule has 2 aliphatic heterocycles. The van der Waals surface area contributed by atoms with Crippen molar-refractivity contribution in [1.29, 1.82) is 0 Å². The van der Waals surface area contributed by atoms with Gasteiger partial charge in [0.2, 0.25) is 0 Å². The van der Waals surface area contributed by atoms with E-state index in [9.17, 15) is 4.79 Å². The van der Waals surface area contributed by atoms with Gasteiger partial charge < -0.3 is 15.4 Å². The second-order valence-corrected chi connectivity index (χ2v) is 5.34. The van der Waals surface area contributed by atoms with Crippen molar-refractivity contribution in [1.82, 2.24) is 4.90 Å². The Bertz CT molecular complexity index is 486. The Kier molecular flexibility index (Phi) is 3.89. The number of nitrogens with two attached hydrogens (primary N) is 1. The molecule has 0 bridgehead atoms. The van der Waals surface area contributed by atoms with Crippen molar-refractivity contribution in [2.45, 2.75) is 18.9 Å². The monoisotopic (exact) mass is 275 g/mol. The first-order valence-corrected chi connectivity index (χ1v) is 7.26. The van der Waals surface area contributed by atoms with Crippen LogP contribution < -0.4 is 10.6 Å². The van der Waals surface area contributed by atoms with Crippen LogP contribution >= 0.6 is 0 Å². The van der Waals surface area contributed by atoms with Gasteiger partial charge in [0.25, 0.3) is 0 Å². The van der Waals surface area contributed by atoms with Crippen molar-refractivity contribution in [3.8, 4) is 0 Å². The van der Waals surface area contributed by atoms with Gasteiger partial charge in [-0.3, -0.25) is 4.90 Å². The van der Waals surface area contributed by atoms with Crippen molar-refractivity contribution in [2.75, 3.05) is 37.7 Å². The first-order valence-electron chi connectivity index (χ1n) is 7.26. The lowest BCUT2D eigenvalue weighted by Gasteiger charge is -2.33. The molecule has 108 valence electrons. The number of carbonyl (C=O) groups is 1. The maximum Gasteiger partial charge on any atom is 0.324 e. The van der Waals surface area contributed by atoms with E-state index in [-0.39, 0.29) is 12.1 Å². The van der Waals surface area contributed by atoms with Crippen molar-refractivity contribution in [3.05, 3.63) is 29.8 Å². The number of hydrogen-bond donors (Lipinski definition) is 1. The minimum Gasteiger partial charge on any atom is -0.378 e. The topological polar surface area (TPSA) is 58.8 Å². The summed E-state index contributed by atoms with van der Waals surface area (Å²) in [6.45, 7) is 3.33. The number of hydrogen-bond acceptors (Lipinski definition) is 3. The van der Waals surface area contributed by atoms with E-state index in [1.807, 2.05) is 34.1 Å². The predicted molar refractivity (Wildman–Crippen MR) is 77.7 cm³/mol. The summed E-state index contributed by atoms with van der Waals surface area (Å²) in [5.74, 6) is 0. The van der Waals surface area contributed by atoms with Crippen LogP contribution in [0.1, 0.15) is 24.4 Å². The molecule has 2 heterocycles. The minimum absolute atomic E-state index is 0.0219. The molecule has 0 aliphatic carbocycles. The van der Waals surface area contributed by atoms with Crippen LogP contribution in [-0.2, 0) is 4.74 Å². The molecule has 1 fully saturated rings. The van der Waals surface area contributed by atoms with Gasteiger partial charge in [-0.15, -0.1) is 0 Å². The molecular formula is C15H21N3O2. The van der Waals surface area contributed by atoms with E-state index < -0.39 is 0 Å². The summed E-state index contributed by atoms with van der Waals surface area (Å²) < 4.78 is 5.32. The van der Waals surface area contributed by atoms with Gasteiger partial charge in [-0.05, 0) is 24.5 Å². The third-order valence-corrected chi connectivity index (χ3v) is 4.04. The molecule has 1 atom stereocenters. The molecule has 0 spiro atoms. The summed E-state index contributed by atoms with van der Waals surface area (Å²) in [5.41, 5.74) is 8.26. The van der Waals surface area contributed by atoms with Crippen molar-refractivity contribution >= 4 is 11.7 Å². The largest absolute Gasteiger partial charge is 0.378 e. The average Bonchev–Trinajstić information content (AvgIpc) is 2.67. The molecule has 1 unspecified atom stereocenters. The van der Waals surface area contributed by atoms with Gasteiger partial charge in [-0.1, -0.05) is 18.2 Å². The maximum atomic E-state index is 12.7. The number of morpholine rings is 1. The molecular weight excluding hydrogens is 254 g/mol. The Hall–Kier alpha value is -1.59. The van der Waals surface area contributed by atoms with Gasteiger partial charge in [-0.25, -0.2) is 4.79 Å². The van der Waals surface area contributed by atoms with Crippen molar-refractivity contribution in [2.24, 2.45) is 5.73 Å². The number of ether oxygens (including phenoxy) is 1. The lowest BCUT2D eigenvalue weighted by Crippen LogP contribution is -2.48. The maximum absolute atomic E-state index is 12.7. The Morgan fingerprint density at radius 2 is 1.95 bits per heavy atom. The Labute approximate surface area is 119 Å². The van der Waals surface area contributed by atoms with Crippen LogP contribution in [0.3, 0.4) is 0 Å². The highest BCUT2D eigenvalue weighted by atomic mass is 16.5. The van der Waals surface area contributed by atoms with Gasteiger partial charge >= 0.3 is 6.03 Å². The number of rotatable bonds is 0. The molecule has 2 N–H and O–H groups in total. The summed E-state index contributed by atoms with van der Waals surface area (Å²) in [5, 5.41) is 0. The summed E-state index contributed by atoms with van der Waals surface area (Å²) in [6, 6.07) is 8.09. The van der Waals surface area contributed by atoms with Crippen LogP contribution in [-0.4, -0.2) is 43.8 Å². The highest BCUT2D eigenvalue weighted by Gasteiger charge is 2.28. The zero-order valence-corrected chi connectivity index (χ0v) is 11.6. The van der Waals surface area contributed by atoms with E-state index in [4.69, 9.17) is 10.5 Å². The SMILES string of the molecule is NC1CCCN(C(=O)N2CCOCC2)c2ccccc21. The quantitative estimate of drug-likeness (QED) is 0.784. The van der Waals surface area contributed by atoms with Gasteiger partial charge in [0.15, 0.2) is 0 Å². The fourth-order valence-corrected chi connectivity index (χ4v) is 2.92. The van der Waals surface area contributed by atoms with Crippen LogP contribution in [0, 0.1) is 0 Å². The fraction of sp³-hybridized carbons (Fsp3) is 0.533. The van der Waals surface area contributed by atoms with Crippen molar-refractivity contribution in [3.63, 3.8) is 0 Å². The predicted octanol–water partition coefficient (Wildman–Crippen LogP) is 1.74. The summed E-state index contributed by atoms with van der Waals surface area (Å²) >= 11 is 0. The summed E-state index contributed by atoms with van der Waals surface area (Å²) in [6.07, 6.45) is 1.86. The molecule has 2 amide bonds. The van der Waals surface area contributed by atoms with E-state index in [1.165, 1.54) is 0 Å². The third-order valence-electron chi connectivity index (χ3n) is 4.04. The highest BCUT2D eigenvalue weighted by Crippen LogP contribution is 2.32. The lowest BCUT2D eigenvalue weighted by molar-refractivity contribution is 0.0548.